The van der Waals surface area contributed by atoms with E-state index in [1.165, 1.54) is 11.1 Å². The number of hydrogen-bond acceptors (Lipinski definition) is 6. The maximum Gasteiger partial charge on any atom is 0.225 e. The molecule has 0 aliphatic carbocycles. The number of thioether (sulfide) groups is 2. The molecule has 2 saturated heterocycles. The fourth-order valence-corrected chi connectivity index (χ4v) is 6.92. The van der Waals surface area contributed by atoms with Gasteiger partial charge in [0.25, 0.3) is 0 Å². The molecule has 0 saturated carbocycles. The van der Waals surface area contributed by atoms with Crippen molar-refractivity contribution in [2.24, 2.45) is 4.99 Å². The molecule has 5 nitrogen and oxygen atoms in total. The number of rotatable bonds is 8. The van der Waals surface area contributed by atoms with E-state index < -0.39 is 0 Å². The molecule has 2 fully saturated rings. The summed E-state index contributed by atoms with van der Waals surface area (Å²) >= 11 is 3.59. The van der Waals surface area contributed by atoms with Crippen LogP contribution < -0.4 is 5.32 Å². The highest BCUT2D eigenvalue weighted by molar-refractivity contribution is 8.41. The van der Waals surface area contributed by atoms with Crippen LogP contribution in [-0.2, 0) is 4.79 Å². The van der Waals surface area contributed by atoms with Crippen molar-refractivity contribution in [2.75, 3.05) is 49.5 Å². The highest BCUT2D eigenvalue weighted by Crippen LogP contribution is 2.31. The molecule has 0 atom stereocenters. The molecule has 5 rings (SSSR count). The number of nitrogens with one attached hydrogen (secondary N) is 1. The molecule has 7 heteroatoms. The van der Waals surface area contributed by atoms with Crippen molar-refractivity contribution in [1.29, 1.82) is 0 Å². The molecule has 3 aromatic carbocycles. The Kier molecular flexibility index (Phi) is 8.77. The minimum absolute atomic E-state index is 0.0540. The fraction of sp³-hybridized carbons (Fsp3) is 0.310. The highest BCUT2D eigenvalue weighted by atomic mass is 32.2. The molecule has 0 unspecified atom stereocenters. The van der Waals surface area contributed by atoms with E-state index in [0.717, 1.165) is 60.0 Å². The molecule has 0 radical (unpaired) electrons. The van der Waals surface area contributed by atoms with Crippen molar-refractivity contribution in [3.8, 4) is 0 Å². The van der Waals surface area contributed by atoms with E-state index in [1.807, 2.05) is 24.3 Å². The van der Waals surface area contributed by atoms with Gasteiger partial charge in [-0.2, -0.15) is 0 Å². The maximum absolute atomic E-state index is 12.7. The molecule has 0 bridgehead atoms. The SMILES string of the molecule is O=C(CCN1CCN(C(c2ccccc2)c2ccccc2)CC1)Nc1cccc(N=C2SCCS2)c1. The van der Waals surface area contributed by atoms with Gasteiger partial charge in [-0.1, -0.05) is 90.3 Å². The summed E-state index contributed by atoms with van der Waals surface area (Å²) in [5.41, 5.74) is 4.36. The van der Waals surface area contributed by atoms with Gasteiger partial charge in [0.05, 0.1) is 11.7 Å². The number of aliphatic imine (C=N–C) groups is 1. The largest absolute Gasteiger partial charge is 0.326 e. The van der Waals surface area contributed by atoms with Crippen LogP contribution in [0.4, 0.5) is 11.4 Å². The van der Waals surface area contributed by atoms with Crippen LogP contribution in [-0.4, -0.2) is 64.3 Å². The average molecular weight is 517 g/mol. The zero-order valence-corrected chi connectivity index (χ0v) is 22.0. The van der Waals surface area contributed by atoms with Crippen LogP contribution in [0.15, 0.2) is 89.9 Å². The predicted molar refractivity (Wildman–Crippen MR) is 154 cm³/mol. The third-order valence-electron chi connectivity index (χ3n) is 6.54. The standard InChI is InChI=1S/C29H32N4OS2/c34-27(30-25-12-7-13-26(22-25)31-29-35-20-21-36-29)14-15-32-16-18-33(19-17-32)28(23-8-3-1-4-9-23)24-10-5-2-6-11-24/h1-13,22,28H,14-21H2,(H,30,34). The molecule has 2 aliphatic heterocycles. The summed E-state index contributed by atoms with van der Waals surface area (Å²) in [7, 11) is 0. The maximum atomic E-state index is 12.7. The number of hydrogen-bond donors (Lipinski definition) is 1. The summed E-state index contributed by atoms with van der Waals surface area (Å²) in [5, 5.41) is 3.06. The third kappa shape index (κ3) is 6.79. The Bertz CT molecular complexity index is 1120. The Morgan fingerprint density at radius 2 is 1.47 bits per heavy atom. The van der Waals surface area contributed by atoms with Gasteiger partial charge in [0.1, 0.15) is 4.38 Å². The Morgan fingerprint density at radius 3 is 2.11 bits per heavy atom. The monoisotopic (exact) mass is 516 g/mol. The van der Waals surface area contributed by atoms with Gasteiger partial charge in [-0.05, 0) is 29.3 Å². The quantitative estimate of drug-likeness (QED) is 0.405. The summed E-state index contributed by atoms with van der Waals surface area (Å²) in [6, 6.07) is 29.6. The van der Waals surface area contributed by atoms with E-state index >= 15 is 0 Å². The number of amides is 1. The van der Waals surface area contributed by atoms with Gasteiger partial charge in [-0.3, -0.25) is 9.69 Å². The van der Waals surface area contributed by atoms with E-state index in [9.17, 15) is 4.79 Å². The number of piperazine rings is 1. The first-order chi connectivity index (χ1) is 17.7. The topological polar surface area (TPSA) is 47.9 Å². The van der Waals surface area contributed by atoms with Gasteiger partial charge in [-0.15, -0.1) is 0 Å². The Morgan fingerprint density at radius 1 is 0.833 bits per heavy atom. The molecule has 186 valence electrons. The Hall–Kier alpha value is -2.58. The van der Waals surface area contributed by atoms with E-state index in [2.05, 4.69) is 80.8 Å². The molecule has 3 aromatic rings. The Labute approximate surface area is 222 Å². The summed E-state index contributed by atoms with van der Waals surface area (Å²) in [5.74, 6) is 2.29. The van der Waals surface area contributed by atoms with Gasteiger partial charge in [-0.25, -0.2) is 4.99 Å². The molecular weight excluding hydrogens is 484 g/mol. The van der Waals surface area contributed by atoms with Crippen molar-refractivity contribution >= 4 is 45.2 Å². The molecule has 0 spiro atoms. The van der Waals surface area contributed by atoms with Crippen LogP contribution in [0.1, 0.15) is 23.6 Å². The second-order valence-electron chi connectivity index (χ2n) is 9.02. The lowest BCUT2D eigenvalue weighted by molar-refractivity contribution is -0.116. The minimum Gasteiger partial charge on any atom is -0.326 e. The van der Waals surface area contributed by atoms with Crippen LogP contribution in [0.3, 0.4) is 0 Å². The molecule has 2 aliphatic rings. The molecular formula is C29H32N4OS2. The second-order valence-corrected chi connectivity index (χ2v) is 11.5. The number of carbonyl (C=O) groups excluding carboxylic acids is 1. The number of nitrogens with zero attached hydrogens (tertiary/aromatic N) is 3. The van der Waals surface area contributed by atoms with Crippen LogP contribution >= 0.6 is 23.5 Å². The molecule has 2 heterocycles. The zero-order chi connectivity index (χ0) is 24.6. The molecule has 0 aromatic heterocycles. The van der Waals surface area contributed by atoms with Gasteiger partial charge in [0.15, 0.2) is 0 Å². The second kappa shape index (κ2) is 12.6. The highest BCUT2D eigenvalue weighted by Gasteiger charge is 2.26. The van der Waals surface area contributed by atoms with Crippen molar-refractivity contribution in [1.82, 2.24) is 9.80 Å². The van der Waals surface area contributed by atoms with Crippen LogP contribution in [0.2, 0.25) is 0 Å². The van der Waals surface area contributed by atoms with Gasteiger partial charge < -0.3 is 10.2 Å². The van der Waals surface area contributed by atoms with E-state index in [0.29, 0.717) is 6.42 Å². The number of carbonyl (C=O) groups is 1. The van der Waals surface area contributed by atoms with Gasteiger partial charge in [0, 0.05) is 56.3 Å². The molecule has 1 amide bonds. The first kappa shape index (κ1) is 25.1. The summed E-state index contributed by atoms with van der Waals surface area (Å²) in [4.78, 5) is 22.3. The lowest BCUT2D eigenvalue weighted by Gasteiger charge is -2.39. The number of anilines is 1. The van der Waals surface area contributed by atoms with Crippen molar-refractivity contribution in [3.05, 3.63) is 96.1 Å². The molecule has 1 N–H and O–H groups in total. The van der Waals surface area contributed by atoms with Gasteiger partial charge >= 0.3 is 0 Å². The van der Waals surface area contributed by atoms with E-state index in [1.54, 1.807) is 23.5 Å². The molecule has 36 heavy (non-hydrogen) atoms. The van der Waals surface area contributed by atoms with Crippen molar-refractivity contribution < 1.29 is 4.79 Å². The Balaban J connectivity index is 1.13. The lowest BCUT2D eigenvalue weighted by Crippen LogP contribution is -2.48. The average Bonchev–Trinajstić information content (AvgIpc) is 3.43. The first-order valence-corrected chi connectivity index (χ1v) is 14.5. The normalized spacial score (nSPS) is 16.9. The first-order valence-electron chi connectivity index (χ1n) is 12.5. The third-order valence-corrected chi connectivity index (χ3v) is 9.00. The predicted octanol–water partition coefficient (Wildman–Crippen LogP) is 5.89. The summed E-state index contributed by atoms with van der Waals surface area (Å²) in [6.45, 7) is 4.66. The lowest BCUT2D eigenvalue weighted by atomic mass is 9.96. The van der Waals surface area contributed by atoms with Crippen LogP contribution in [0, 0.1) is 0 Å². The van der Waals surface area contributed by atoms with Gasteiger partial charge in [0.2, 0.25) is 5.91 Å². The van der Waals surface area contributed by atoms with Crippen LogP contribution in [0.25, 0.3) is 0 Å². The van der Waals surface area contributed by atoms with Crippen molar-refractivity contribution in [2.45, 2.75) is 12.5 Å². The van der Waals surface area contributed by atoms with Crippen molar-refractivity contribution in [3.63, 3.8) is 0 Å². The summed E-state index contributed by atoms with van der Waals surface area (Å²) < 4.78 is 1.11. The smallest absolute Gasteiger partial charge is 0.225 e. The number of benzene rings is 3. The zero-order valence-electron chi connectivity index (χ0n) is 20.4. The van der Waals surface area contributed by atoms with E-state index in [4.69, 9.17) is 0 Å². The van der Waals surface area contributed by atoms with Crippen LogP contribution in [0.5, 0.6) is 0 Å². The summed E-state index contributed by atoms with van der Waals surface area (Å²) in [6.07, 6.45) is 0.491. The fourth-order valence-electron chi connectivity index (χ4n) is 4.74. The van der Waals surface area contributed by atoms with E-state index in [-0.39, 0.29) is 11.9 Å². The minimum atomic E-state index is 0.0540.